The number of amides is 3. The van der Waals surface area contributed by atoms with Gasteiger partial charge in [-0.05, 0) is 48.1 Å². The van der Waals surface area contributed by atoms with Crippen molar-refractivity contribution in [3.63, 3.8) is 0 Å². The van der Waals surface area contributed by atoms with Gasteiger partial charge in [0.1, 0.15) is 24.4 Å². The third-order valence-corrected chi connectivity index (χ3v) is 6.21. The van der Waals surface area contributed by atoms with E-state index in [4.69, 9.17) is 10.8 Å². The second kappa shape index (κ2) is 13.4. The normalized spacial score (nSPS) is 13.4. The molecule has 11 heteroatoms. The minimum Gasteiger partial charge on any atom is -0.508 e. The number of H-pyrrole nitrogens is 1. The van der Waals surface area contributed by atoms with Gasteiger partial charge < -0.3 is 36.9 Å². The molecule has 3 rings (SSSR count). The van der Waals surface area contributed by atoms with E-state index in [9.17, 15) is 24.3 Å². The average Bonchev–Trinajstić information content (AvgIpc) is 3.30. The monoisotopic (exact) mass is 537 g/mol. The number of hydrogen-bond donors (Lipinski definition) is 7. The van der Waals surface area contributed by atoms with Gasteiger partial charge in [-0.3, -0.25) is 19.2 Å². The largest absolute Gasteiger partial charge is 0.508 e. The van der Waals surface area contributed by atoms with E-state index in [0.29, 0.717) is 6.42 Å². The Hall–Kier alpha value is -4.38. The van der Waals surface area contributed by atoms with E-state index in [1.165, 1.54) is 12.1 Å². The first-order chi connectivity index (χ1) is 18.5. The maximum Gasteiger partial charge on any atom is 0.322 e. The standard InChI is InChI=1S/C28H35N5O6/c1-16(2)11-23(32-26(37)21(29)12-17-7-9-19(34)10-8-17)28(39)33-24(27(38)31-15-25(35)36)13-18-14-30-22-6-4-3-5-20(18)22/h3-10,14,16,21,23-24,30,34H,11-13,15,29H2,1-2H3,(H,31,38)(H,32,37)(H,33,39)(H,35,36). The lowest BCUT2D eigenvalue weighted by Crippen LogP contribution is -2.57. The summed E-state index contributed by atoms with van der Waals surface area (Å²) in [6.45, 7) is 3.19. The molecule has 39 heavy (non-hydrogen) atoms. The first-order valence-electron chi connectivity index (χ1n) is 12.7. The lowest BCUT2D eigenvalue weighted by molar-refractivity contribution is -0.138. The van der Waals surface area contributed by atoms with Crippen molar-refractivity contribution in [1.82, 2.24) is 20.9 Å². The van der Waals surface area contributed by atoms with Crippen LogP contribution in [-0.2, 0) is 32.0 Å². The van der Waals surface area contributed by atoms with Crippen molar-refractivity contribution in [3.8, 4) is 5.75 Å². The van der Waals surface area contributed by atoms with Crippen LogP contribution in [0.5, 0.6) is 5.75 Å². The van der Waals surface area contributed by atoms with Crippen LogP contribution in [0, 0.1) is 5.92 Å². The number of nitrogens with two attached hydrogens (primary N) is 1. The average molecular weight is 538 g/mol. The van der Waals surface area contributed by atoms with E-state index in [-0.39, 0.29) is 24.5 Å². The number of phenolic OH excluding ortho intramolecular Hbond substituents is 1. The highest BCUT2D eigenvalue weighted by molar-refractivity contribution is 5.94. The summed E-state index contributed by atoms with van der Waals surface area (Å²) in [5.41, 5.74) is 8.47. The van der Waals surface area contributed by atoms with Crippen LogP contribution >= 0.6 is 0 Å². The molecule has 0 aliphatic rings. The number of phenols is 1. The number of aromatic nitrogens is 1. The Morgan fingerprint density at radius 3 is 2.23 bits per heavy atom. The van der Waals surface area contributed by atoms with Gasteiger partial charge in [0.15, 0.2) is 0 Å². The number of para-hydroxylation sites is 1. The molecule has 3 atom stereocenters. The number of aromatic hydroxyl groups is 1. The summed E-state index contributed by atoms with van der Waals surface area (Å²) >= 11 is 0. The lowest BCUT2D eigenvalue weighted by Gasteiger charge is -2.25. The van der Waals surface area contributed by atoms with Gasteiger partial charge in [-0.15, -0.1) is 0 Å². The van der Waals surface area contributed by atoms with Crippen LogP contribution in [0.2, 0.25) is 0 Å². The molecule has 0 aliphatic carbocycles. The van der Waals surface area contributed by atoms with Crippen molar-refractivity contribution in [3.05, 3.63) is 65.9 Å². The molecule has 3 aromatic rings. The molecule has 11 nitrogen and oxygen atoms in total. The van der Waals surface area contributed by atoms with Crippen LogP contribution in [-0.4, -0.2) is 63.6 Å². The Morgan fingerprint density at radius 1 is 0.897 bits per heavy atom. The van der Waals surface area contributed by atoms with Crippen LogP contribution < -0.4 is 21.7 Å². The minimum absolute atomic E-state index is 0.0299. The summed E-state index contributed by atoms with van der Waals surface area (Å²) in [6, 6.07) is 10.8. The number of carbonyl (C=O) groups excluding carboxylic acids is 3. The molecule has 0 aliphatic heterocycles. The van der Waals surface area contributed by atoms with Gasteiger partial charge in [0.05, 0.1) is 6.04 Å². The summed E-state index contributed by atoms with van der Waals surface area (Å²) in [4.78, 5) is 53.3. The van der Waals surface area contributed by atoms with Crippen LogP contribution in [0.3, 0.4) is 0 Å². The number of carboxylic acid groups (broad SMARTS) is 1. The van der Waals surface area contributed by atoms with E-state index >= 15 is 0 Å². The van der Waals surface area contributed by atoms with Gasteiger partial charge in [0.2, 0.25) is 17.7 Å². The molecule has 0 radical (unpaired) electrons. The SMILES string of the molecule is CC(C)CC(NC(=O)C(N)Cc1ccc(O)cc1)C(=O)NC(Cc1c[nH]c2ccccc12)C(=O)NCC(=O)O. The molecule has 3 amide bonds. The summed E-state index contributed by atoms with van der Waals surface area (Å²) in [5.74, 6) is -2.86. The van der Waals surface area contributed by atoms with Crippen LogP contribution in [0.4, 0.5) is 0 Å². The highest BCUT2D eigenvalue weighted by Gasteiger charge is 2.29. The second-order valence-electron chi connectivity index (χ2n) is 9.90. The lowest BCUT2D eigenvalue weighted by atomic mass is 10.00. The predicted octanol–water partition coefficient (Wildman–Crippen LogP) is 1.20. The number of rotatable bonds is 13. The quantitative estimate of drug-likeness (QED) is 0.171. The maximum absolute atomic E-state index is 13.4. The minimum atomic E-state index is -1.21. The van der Waals surface area contributed by atoms with Crippen LogP contribution in [0.15, 0.2) is 54.7 Å². The fourth-order valence-electron chi connectivity index (χ4n) is 4.25. The van der Waals surface area contributed by atoms with Gasteiger partial charge in [-0.1, -0.05) is 44.2 Å². The predicted molar refractivity (Wildman–Crippen MR) is 146 cm³/mol. The Kier molecular flexibility index (Phi) is 10.0. The summed E-state index contributed by atoms with van der Waals surface area (Å²) < 4.78 is 0. The van der Waals surface area contributed by atoms with E-state index < -0.39 is 48.4 Å². The molecular weight excluding hydrogens is 502 g/mol. The van der Waals surface area contributed by atoms with Crippen molar-refractivity contribution in [2.45, 2.75) is 51.2 Å². The molecule has 3 unspecified atom stereocenters. The first kappa shape index (κ1) is 29.2. The molecule has 208 valence electrons. The van der Waals surface area contributed by atoms with Crippen molar-refractivity contribution >= 4 is 34.6 Å². The Labute approximate surface area is 226 Å². The molecule has 0 spiro atoms. The zero-order chi connectivity index (χ0) is 28.5. The number of hydrogen-bond acceptors (Lipinski definition) is 6. The molecule has 8 N–H and O–H groups in total. The third kappa shape index (κ3) is 8.57. The van der Waals surface area contributed by atoms with Gasteiger partial charge in [-0.2, -0.15) is 0 Å². The van der Waals surface area contributed by atoms with Crippen molar-refractivity contribution in [2.75, 3.05) is 6.54 Å². The number of carbonyl (C=O) groups is 4. The third-order valence-electron chi connectivity index (χ3n) is 6.21. The van der Waals surface area contributed by atoms with Crippen LogP contribution in [0.1, 0.15) is 31.4 Å². The Morgan fingerprint density at radius 2 is 1.56 bits per heavy atom. The number of carboxylic acids is 1. The van der Waals surface area contributed by atoms with E-state index in [1.807, 2.05) is 38.1 Å². The van der Waals surface area contributed by atoms with Gasteiger partial charge in [0.25, 0.3) is 0 Å². The summed E-state index contributed by atoms with van der Waals surface area (Å²) in [7, 11) is 0. The molecule has 1 heterocycles. The molecule has 0 fully saturated rings. The molecule has 2 aromatic carbocycles. The number of fused-ring (bicyclic) bond motifs is 1. The second-order valence-corrected chi connectivity index (χ2v) is 9.90. The van der Waals surface area contributed by atoms with Crippen molar-refractivity contribution in [1.29, 1.82) is 0 Å². The fraction of sp³-hybridized carbons (Fsp3) is 0.357. The van der Waals surface area contributed by atoms with Gasteiger partial charge in [0, 0.05) is 23.5 Å². The van der Waals surface area contributed by atoms with E-state index in [2.05, 4.69) is 20.9 Å². The molecule has 0 saturated heterocycles. The fourth-order valence-corrected chi connectivity index (χ4v) is 4.25. The number of benzene rings is 2. The highest BCUT2D eigenvalue weighted by atomic mass is 16.4. The Bertz CT molecular complexity index is 1300. The van der Waals surface area contributed by atoms with Gasteiger partial charge in [-0.25, -0.2) is 0 Å². The maximum atomic E-state index is 13.4. The summed E-state index contributed by atoms with van der Waals surface area (Å²) in [6.07, 6.45) is 2.33. The topological polar surface area (TPSA) is 187 Å². The molecule has 1 aromatic heterocycles. The highest BCUT2D eigenvalue weighted by Crippen LogP contribution is 2.19. The van der Waals surface area contributed by atoms with Crippen LogP contribution in [0.25, 0.3) is 10.9 Å². The van der Waals surface area contributed by atoms with Crippen molar-refractivity contribution < 1.29 is 29.4 Å². The zero-order valence-corrected chi connectivity index (χ0v) is 21.9. The van der Waals surface area contributed by atoms with E-state index in [0.717, 1.165) is 22.0 Å². The number of aromatic amines is 1. The number of nitrogens with one attached hydrogen (secondary N) is 4. The Balaban J connectivity index is 1.75. The first-order valence-corrected chi connectivity index (χ1v) is 12.7. The molecular formula is C28H35N5O6. The molecule has 0 saturated carbocycles. The zero-order valence-electron chi connectivity index (χ0n) is 21.9. The summed E-state index contributed by atoms with van der Waals surface area (Å²) in [5, 5.41) is 27.1. The van der Waals surface area contributed by atoms with E-state index in [1.54, 1.807) is 18.3 Å². The smallest absolute Gasteiger partial charge is 0.322 e. The van der Waals surface area contributed by atoms with Crippen molar-refractivity contribution in [2.24, 2.45) is 11.7 Å². The molecule has 0 bridgehead atoms. The van der Waals surface area contributed by atoms with Gasteiger partial charge >= 0.3 is 5.97 Å². The number of aliphatic carboxylic acids is 1.